The molecular weight excluding hydrogens is 220 g/mol. The van der Waals surface area contributed by atoms with Gasteiger partial charge in [-0.15, -0.1) is 0 Å². The molecule has 5 heteroatoms. The Hall–Kier alpha value is -1.10. The number of carbonyl (C=O) groups is 2. The molecule has 0 aliphatic rings. The maximum atomic E-state index is 11.6. The van der Waals surface area contributed by atoms with Gasteiger partial charge in [0, 0.05) is 12.5 Å². The molecule has 0 radical (unpaired) electrons. The molecule has 0 spiro atoms. The van der Waals surface area contributed by atoms with Crippen LogP contribution >= 0.6 is 0 Å². The Balaban J connectivity index is 4.00. The number of ether oxygens (including phenoxy) is 1. The fourth-order valence-corrected chi connectivity index (χ4v) is 1.49. The van der Waals surface area contributed by atoms with Gasteiger partial charge in [0.05, 0.1) is 7.11 Å². The summed E-state index contributed by atoms with van der Waals surface area (Å²) in [6.07, 6.45) is 4.56. The molecule has 0 heterocycles. The van der Waals surface area contributed by atoms with Crippen LogP contribution in [0.2, 0.25) is 0 Å². The Morgan fingerprint density at radius 1 is 1.29 bits per heavy atom. The van der Waals surface area contributed by atoms with Gasteiger partial charge < -0.3 is 15.8 Å². The maximum Gasteiger partial charge on any atom is 0.329 e. The van der Waals surface area contributed by atoms with Gasteiger partial charge in [-0.3, -0.25) is 4.79 Å². The Bertz CT molecular complexity index is 242. The van der Waals surface area contributed by atoms with Crippen molar-refractivity contribution < 1.29 is 14.3 Å². The van der Waals surface area contributed by atoms with Gasteiger partial charge in [-0.1, -0.05) is 26.2 Å². The number of hydrogen-bond donors (Lipinski definition) is 2. The van der Waals surface area contributed by atoms with E-state index in [1.165, 1.54) is 7.11 Å². The van der Waals surface area contributed by atoms with Gasteiger partial charge in [-0.2, -0.15) is 0 Å². The van der Waals surface area contributed by atoms with Crippen molar-refractivity contribution in [3.8, 4) is 0 Å². The van der Waals surface area contributed by atoms with E-state index in [2.05, 4.69) is 17.0 Å². The fourth-order valence-electron chi connectivity index (χ4n) is 1.49. The minimum atomic E-state index is -0.751. The number of nitrogens with one attached hydrogen (secondary N) is 1. The van der Waals surface area contributed by atoms with Gasteiger partial charge >= 0.3 is 5.97 Å². The molecule has 0 rings (SSSR count). The van der Waals surface area contributed by atoms with Crippen molar-refractivity contribution >= 4 is 11.9 Å². The van der Waals surface area contributed by atoms with Crippen LogP contribution in [0.15, 0.2) is 0 Å². The average Bonchev–Trinajstić information content (AvgIpc) is 2.30. The predicted octanol–water partition coefficient (Wildman–Crippen LogP) is 0.962. The number of hydrogen-bond acceptors (Lipinski definition) is 4. The molecule has 17 heavy (non-hydrogen) atoms. The second-order valence-electron chi connectivity index (χ2n) is 4.24. The molecule has 1 amide bonds. The van der Waals surface area contributed by atoms with Gasteiger partial charge in [-0.25, -0.2) is 4.79 Å². The predicted molar refractivity (Wildman–Crippen MR) is 66.4 cm³/mol. The van der Waals surface area contributed by atoms with Crippen LogP contribution < -0.4 is 11.1 Å². The molecule has 2 atom stereocenters. The Morgan fingerprint density at radius 2 is 1.94 bits per heavy atom. The molecular formula is C12H24N2O3. The minimum Gasteiger partial charge on any atom is -0.467 e. The van der Waals surface area contributed by atoms with E-state index < -0.39 is 18.1 Å². The van der Waals surface area contributed by atoms with Gasteiger partial charge in [-0.05, 0) is 13.3 Å². The van der Waals surface area contributed by atoms with Crippen LogP contribution in [-0.4, -0.2) is 31.1 Å². The van der Waals surface area contributed by atoms with Crippen molar-refractivity contribution in [2.24, 2.45) is 5.73 Å². The first kappa shape index (κ1) is 15.9. The first-order valence-electron chi connectivity index (χ1n) is 6.15. The van der Waals surface area contributed by atoms with Crippen molar-refractivity contribution in [1.82, 2.24) is 5.32 Å². The summed E-state index contributed by atoms with van der Waals surface area (Å²) in [5.41, 5.74) is 5.62. The van der Waals surface area contributed by atoms with Gasteiger partial charge in [0.1, 0.15) is 6.04 Å². The van der Waals surface area contributed by atoms with Gasteiger partial charge in [0.25, 0.3) is 0 Å². The summed E-state index contributed by atoms with van der Waals surface area (Å²) >= 11 is 0. The van der Waals surface area contributed by atoms with Crippen LogP contribution in [0.3, 0.4) is 0 Å². The SMILES string of the molecule is CCCCCCC(=O)N[C@H](C(=O)OC)[C@@H](C)N. The highest BCUT2D eigenvalue weighted by atomic mass is 16.5. The zero-order valence-corrected chi connectivity index (χ0v) is 11.0. The highest BCUT2D eigenvalue weighted by Gasteiger charge is 2.24. The highest BCUT2D eigenvalue weighted by molar-refractivity contribution is 5.84. The standard InChI is InChI=1S/C12H24N2O3/c1-4-5-6-7-8-10(15)14-11(9(2)13)12(16)17-3/h9,11H,4-8,13H2,1-3H3,(H,14,15)/t9-,11+/m1/s1. The summed E-state index contributed by atoms with van der Waals surface area (Å²) in [7, 11) is 1.28. The minimum absolute atomic E-state index is 0.145. The Labute approximate surface area is 103 Å². The number of methoxy groups -OCH3 is 1. The summed E-state index contributed by atoms with van der Waals surface area (Å²) in [4.78, 5) is 22.9. The molecule has 0 fully saturated rings. The van der Waals surface area contributed by atoms with Crippen LogP contribution in [0.4, 0.5) is 0 Å². The summed E-state index contributed by atoms with van der Waals surface area (Å²) in [5, 5.41) is 2.61. The number of unbranched alkanes of at least 4 members (excludes halogenated alkanes) is 3. The Morgan fingerprint density at radius 3 is 2.41 bits per heavy atom. The van der Waals surface area contributed by atoms with E-state index in [0.29, 0.717) is 6.42 Å². The lowest BCUT2D eigenvalue weighted by molar-refractivity contribution is -0.145. The average molecular weight is 244 g/mol. The first-order chi connectivity index (χ1) is 8.02. The lowest BCUT2D eigenvalue weighted by atomic mass is 10.1. The zero-order chi connectivity index (χ0) is 13.3. The normalized spacial score (nSPS) is 13.9. The van der Waals surface area contributed by atoms with Crippen molar-refractivity contribution in [3.63, 3.8) is 0 Å². The van der Waals surface area contributed by atoms with E-state index >= 15 is 0 Å². The van der Waals surface area contributed by atoms with E-state index in [4.69, 9.17) is 5.73 Å². The topological polar surface area (TPSA) is 81.4 Å². The van der Waals surface area contributed by atoms with Gasteiger partial charge in [0.15, 0.2) is 0 Å². The maximum absolute atomic E-state index is 11.6. The Kier molecular flexibility index (Phi) is 8.40. The van der Waals surface area contributed by atoms with Crippen LogP contribution in [0, 0.1) is 0 Å². The zero-order valence-electron chi connectivity index (χ0n) is 11.0. The quantitative estimate of drug-likeness (QED) is 0.492. The molecule has 0 saturated heterocycles. The van der Waals surface area contributed by atoms with Crippen LogP contribution in [-0.2, 0) is 14.3 Å². The van der Waals surface area contributed by atoms with Crippen molar-refractivity contribution in [2.75, 3.05) is 7.11 Å². The lowest BCUT2D eigenvalue weighted by Crippen LogP contribution is -2.51. The summed E-state index contributed by atoms with van der Waals surface area (Å²) in [6, 6.07) is -1.21. The molecule has 0 saturated carbocycles. The lowest BCUT2D eigenvalue weighted by Gasteiger charge is -2.19. The molecule has 0 aromatic heterocycles. The second-order valence-corrected chi connectivity index (χ2v) is 4.24. The summed E-state index contributed by atoms with van der Waals surface area (Å²) < 4.78 is 4.58. The van der Waals surface area contributed by atoms with Crippen LogP contribution in [0.5, 0.6) is 0 Å². The highest BCUT2D eigenvalue weighted by Crippen LogP contribution is 2.03. The van der Waals surface area contributed by atoms with Crippen molar-refractivity contribution in [3.05, 3.63) is 0 Å². The van der Waals surface area contributed by atoms with E-state index in [-0.39, 0.29) is 5.91 Å². The smallest absolute Gasteiger partial charge is 0.329 e. The monoisotopic (exact) mass is 244 g/mol. The molecule has 0 aromatic rings. The van der Waals surface area contributed by atoms with E-state index in [0.717, 1.165) is 25.7 Å². The van der Waals surface area contributed by atoms with Crippen molar-refractivity contribution in [2.45, 2.75) is 58.0 Å². The van der Waals surface area contributed by atoms with Crippen LogP contribution in [0.1, 0.15) is 46.0 Å². The second kappa shape index (κ2) is 8.98. The molecule has 5 nitrogen and oxygen atoms in total. The molecule has 0 unspecified atom stereocenters. The van der Waals surface area contributed by atoms with E-state index in [1.54, 1.807) is 6.92 Å². The molecule has 0 bridgehead atoms. The van der Waals surface area contributed by atoms with Crippen molar-refractivity contribution in [1.29, 1.82) is 0 Å². The molecule has 3 N–H and O–H groups in total. The third-order valence-electron chi connectivity index (χ3n) is 2.55. The number of amides is 1. The number of esters is 1. The summed E-state index contributed by atoms with van der Waals surface area (Å²) in [5.74, 6) is -0.643. The summed E-state index contributed by atoms with van der Waals surface area (Å²) in [6.45, 7) is 3.78. The molecule has 0 aromatic carbocycles. The van der Waals surface area contributed by atoms with E-state index in [9.17, 15) is 9.59 Å². The van der Waals surface area contributed by atoms with E-state index in [1.807, 2.05) is 0 Å². The largest absolute Gasteiger partial charge is 0.467 e. The number of nitrogens with two attached hydrogens (primary N) is 1. The molecule has 0 aliphatic carbocycles. The molecule has 0 aliphatic heterocycles. The molecule has 100 valence electrons. The first-order valence-corrected chi connectivity index (χ1v) is 6.15. The third kappa shape index (κ3) is 6.94. The number of carbonyl (C=O) groups excluding carboxylic acids is 2. The fraction of sp³-hybridized carbons (Fsp3) is 0.833. The third-order valence-corrected chi connectivity index (χ3v) is 2.55. The van der Waals surface area contributed by atoms with Gasteiger partial charge in [0.2, 0.25) is 5.91 Å². The van der Waals surface area contributed by atoms with Crippen LogP contribution in [0.25, 0.3) is 0 Å². The number of rotatable bonds is 8.